The number of aromatic nitrogens is 4. The van der Waals surface area contributed by atoms with E-state index in [1.807, 2.05) is 25.3 Å². The maximum absolute atomic E-state index is 6.24. The van der Waals surface area contributed by atoms with Crippen LogP contribution in [0.2, 0.25) is 0 Å². The van der Waals surface area contributed by atoms with Crippen molar-refractivity contribution < 1.29 is 0 Å². The van der Waals surface area contributed by atoms with Gasteiger partial charge in [0.05, 0.1) is 11.9 Å². The van der Waals surface area contributed by atoms with E-state index in [0.29, 0.717) is 17.3 Å². The highest BCUT2D eigenvalue weighted by atomic mass is 15.2. The molecule has 0 aliphatic carbocycles. The first-order valence-corrected chi connectivity index (χ1v) is 8.93. The van der Waals surface area contributed by atoms with E-state index >= 15 is 0 Å². The van der Waals surface area contributed by atoms with E-state index in [-0.39, 0.29) is 0 Å². The second kappa shape index (κ2) is 7.55. The highest BCUT2D eigenvalue weighted by molar-refractivity contribution is 5.74. The predicted molar refractivity (Wildman–Crippen MR) is 107 cm³/mol. The summed E-state index contributed by atoms with van der Waals surface area (Å²) in [6.07, 6.45) is 6.73. The molecule has 0 spiro atoms. The van der Waals surface area contributed by atoms with Crippen molar-refractivity contribution in [3.8, 4) is 11.3 Å². The van der Waals surface area contributed by atoms with E-state index < -0.39 is 0 Å². The summed E-state index contributed by atoms with van der Waals surface area (Å²) in [7, 11) is 0. The molecule has 27 heavy (non-hydrogen) atoms. The Morgan fingerprint density at radius 1 is 1.07 bits per heavy atom. The number of nitrogens with one attached hydrogen (secondary N) is 2. The lowest BCUT2D eigenvalue weighted by atomic mass is 10.1. The van der Waals surface area contributed by atoms with Crippen LogP contribution >= 0.6 is 0 Å². The van der Waals surface area contributed by atoms with Crippen LogP contribution in [0.5, 0.6) is 0 Å². The molecule has 4 N–H and O–H groups in total. The Morgan fingerprint density at radius 3 is 2.70 bits per heavy atom. The average Bonchev–Trinajstić information content (AvgIpc) is 2.72. The van der Waals surface area contributed by atoms with Gasteiger partial charge in [0.2, 0.25) is 0 Å². The first-order valence-electron chi connectivity index (χ1n) is 8.93. The summed E-state index contributed by atoms with van der Waals surface area (Å²) in [5.41, 5.74) is 9.68. The highest BCUT2D eigenvalue weighted by Gasteiger charge is 2.15. The zero-order valence-electron chi connectivity index (χ0n) is 15.2. The first kappa shape index (κ1) is 17.2. The molecule has 8 nitrogen and oxygen atoms in total. The Labute approximate surface area is 157 Å². The van der Waals surface area contributed by atoms with Gasteiger partial charge >= 0.3 is 0 Å². The molecule has 8 heteroatoms. The van der Waals surface area contributed by atoms with Gasteiger partial charge in [0.25, 0.3) is 0 Å². The Balaban J connectivity index is 1.68. The van der Waals surface area contributed by atoms with E-state index in [1.165, 1.54) is 0 Å². The fraction of sp³-hybridized carbons (Fsp3) is 0.263. The average molecular weight is 362 g/mol. The van der Waals surface area contributed by atoms with Crippen molar-refractivity contribution in [3.05, 3.63) is 48.5 Å². The molecule has 4 heterocycles. The minimum atomic E-state index is 0.621. The van der Waals surface area contributed by atoms with Gasteiger partial charge in [0.1, 0.15) is 17.5 Å². The zero-order valence-corrected chi connectivity index (χ0v) is 15.2. The van der Waals surface area contributed by atoms with Gasteiger partial charge < -0.3 is 21.3 Å². The minimum Gasteiger partial charge on any atom is -0.398 e. The van der Waals surface area contributed by atoms with Gasteiger partial charge in [0, 0.05) is 62.1 Å². The first-order chi connectivity index (χ1) is 13.2. The summed E-state index contributed by atoms with van der Waals surface area (Å²) in [4.78, 5) is 19.9. The summed E-state index contributed by atoms with van der Waals surface area (Å²) in [5.74, 6) is 2.21. The maximum atomic E-state index is 6.24. The van der Waals surface area contributed by atoms with Crippen molar-refractivity contribution in [2.75, 3.05) is 42.1 Å². The predicted octanol–water partition coefficient (Wildman–Crippen LogP) is 1.98. The molecule has 1 aliphatic heterocycles. The smallest absolute Gasteiger partial charge is 0.150 e. The molecule has 3 aromatic rings. The lowest BCUT2D eigenvalue weighted by molar-refractivity contribution is 0.585. The van der Waals surface area contributed by atoms with Crippen LogP contribution in [0.1, 0.15) is 5.56 Å². The monoisotopic (exact) mass is 362 g/mol. The molecule has 3 aromatic heterocycles. The van der Waals surface area contributed by atoms with Crippen LogP contribution in [-0.4, -0.2) is 46.1 Å². The standard InChI is InChI=1S/C19H22N8/c1-13-15(20)11-16(25-17-12-22-4-5-23-17)26-19(13)14-2-3-24-18(10-14)27-8-6-21-7-9-27/h2-5,10-12,21H,6-9H2,1H3,(H3,20,23,25,26). The van der Waals surface area contributed by atoms with Crippen LogP contribution in [0.25, 0.3) is 11.3 Å². The summed E-state index contributed by atoms with van der Waals surface area (Å²) >= 11 is 0. The third-order valence-electron chi connectivity index (χ3n) is 4.59. The fourth-order valence-electron chi connectivity index (χ4n) is 3.10. The number of nitrogens with two attached hydrogens (primary N) is 1. The number of piperazine rings is 1. The van der Waals surface area contributed by atoms with Gasteiger partial charge in [-0.3, -0.25) is 4.98 Å². The topological polar surface area (TPSA) is 105 Å². The van der Waals surface area contributed by atoms with Crippen molar-refractivity contribution >= 4 is 23.1 Å². The molecule has 0 bridgehead atoms. The van der Waals surface area contributed by atoms with Crippen LogP contribution in [-0.2, 0) is 0 Å². The third-order valence-corrected chi connectivity index (χ3v) is 4.59. The third kappa shape index (κ3) is 3.80. The number of rotatable bonds is 4. The minimum absolute atomic E-state index is 0.621. The van der Waals surface area contributed by atoms with E-state index in [2.05, 4.69) is 36.6 Å². The number of nitrogen functional groups attached to an aromatic ring is 1. The molecule has 0 aromatic carbocycles. The van der Waals surface area contributed by atoms with E-state index in [0.717, 1.165) is 48.8 Å². The molecule has 1 saturated heterocycles. The van der Waals surface area contributed by atoms with Crippen LogP contribution in [0.15, 0.2) is 43.0 Å². The SMILES string of the molecule is Cc1c(N)cc(Nc2cnccn2)nc1-c1ccnc(N2CCNCC2)c1. The van der Waals surface area contributed by atoms with Gasteiger partial charge in [-0.2, -0.15) is 0 Å². The van der Waals surface area contributed by atoms with Crippen molar-refractivity contribution in [2.45, 2.75) is 6.92 Å². The van der Waals surface area contributed by atoms with Crippen molar-refractivity contribution in [3.63, 3.8) is 0 Å². The van der Waals surface area contributed by atoms with E-state index in [9.17, 15) is 0 Å². The maximum Gasteiger partial charge on any atom is 0.150 e. The van der Waals surface area contributed by atoms with Crippen LogP contribution in [0.3, 0.4) is 0 Å². The lowest BCUT2D eigenvalue weighted by Crippen LogP contribution is -2.43. The molecule has 1 fully saturated rings. The van der Waals surface area contributed by atoms with Crippen LogP contribution in [0.4, 0.5) is 23.1 Å². The Kier molecular flexibility index (Phi) is 4.80. The molecule has 4 rings (SSSR count). The molecule has 0 unspecified atom stereocenters. The molecule has 0 radical (unpaired) electrons. The van der Waals surface area contributed by atoms with Gasteiger partial charge in [-0.1, -0.05) is 0 Å². The van der Waals surface area contributed by atoms with Gasteiger partial charge in [-0.05, 0) is 24.6 Å². The molecule has 1 aliphatic rings. The van der Waals surface area contributed by atoms with Crippen molar-refractivity contribution in [1.29, 1.82) is 0 Å². The quantitative estimate of drug-likeness (QED) is 0.647. The number of hydrogen-bond acceptors (Lipinski definition) is 8. The largest absolute Gasteiger partial charge is 0.398 e. The van der Waals surface area contributed by atoms with Crippen molar-refractivity contribution in [1.82, 2.24) is 25.3 Å². The van der Waals surface area contributed by atoms with E-state index in [1.54, 1.807) is 18.6 Å². The number of nitrogens with zero attached hydrogens (tertiary/aromatic N) is 5. The normalized spacial score (nSPS) is 14.2. The van der Waals surface area contributed by atoms with Gasteiger partial charge in [-0.15, -0.1) is 0 Å². The Morgan fingerprint density at radius 2 is 1.93 bits per heavy atom. The summed E-state index contributed by atoms with van der Waals surface area (Å²) in [6, 6.07) is 5.85. The number of hydrogen-bond donors (Lipinski definition) is 3. The number of pyridine rings is 2. The number of anilines is 4. The summed E-state index contributed by atoms with van der Waals surface area (Å²) in [6.45, 7) is 5.80. The van der Waals surface area contributed by atoms with E-state index in [4.69, 9.17) is 10.7 Å². The lowest BCUT2D eigenvalue weighted by Gasteiger charge is -2.28. The van der Waals surface area contributed by atoms with Crippen LogP contribution < -0.4 is 21.3 Å². The summed E-state index contributed by atoms with van der Waals surface area (Å²) in [5, 5.41) is 6.52. The summed E-state index contributed by atoms with van der Waals surface area (Å²) < 4.78 is 0. The Bertz CT molecular complexity index is 922. The molecular weight excluding hydrogens is 340 g/mol. The second-order valence-electron chi connectivity index (χ2n) is 6.43. The molecule has 138 valence electrons. The van der Waals surface area contributed by atoms with Crippen molar-refractivity contribution in [2.24, 2.45) is 0 Å². The highest BCUT2D eigenvalue weighted by Crippen LogP contribution is 2.30. The Hall–Kier alpha value is -3.26. The molecule has 0 amide bonds. The zero-order chi connectivity index (χ0) is 18.6. The molecular formula is C19H22N8. The fourth-order valence-corrected chi connectivity index (χ4v) is 3.10. The van der Waals surface area contributed by atoms with Crippen LogP contribution in [0, 0.1) is 6.92 Å². The van der Waals surface area contributed by atoms with Gasteiger partial charge in [0.15, 0.2) is 0 Å². The molecule has 0 atom stereocenters. The van der Waals surface area contributed by atoms with Gasteiger partial charge in [-0.25, -0.2) is 15.0 Å². The second-order valence-corrected chi connectivity index (χ2v) is 6.43. The molecule has 0 saturated carbocycles.